The van der Waals surface area contributed by atoms with Gasteiger partial charge in [-0.25, -0.2) is 4.98 Å². The molecule has 0 aliphatic rings. The molecule has 1 heterocycles. The molecule has 0 fully saturated rings. The summed E-state index contributed by atoms with van der Waals surface area (Å²) in [5.41, 5.74) is -0.198. The minimum atomic E-state index is -0.521. The van der Waals surface area contributed by atoms with Gasteiger partial charge in [-0.1, -0.05) is 19.8 Å². The van der Waals surface area contributed by atoms with Crippen molar-refractivity contribution in [3.8, 4) is 5.88 Å². The van der Waals surface area contributed by atoms with Gasteiger partial charge in [0.2, 0.25) is 5.82 Å². The van der Waals surface area contributed by atoms with Gasteiger partial charge in [0.1, 0.15) is 6.33 Å². The lowest BCUT2D eigenvalue weighted by molar-refractivity contribution is -0.385. The van der Waals surface area contributed by atoms with Crippen molar-refractivity contribution < 1.29 is 9.66 Å². The van der Waals surface area contributed by atoms with Gasteiger partial charge in [0.05, 0.1) is 11.5 Å². The highest BCUT2D eigenvalue weighted by Crippen LogP contribution is 2.30. The molecule has 0 unspecified atom stereocenters. The van der Waals surface area contributed by atoms with Crippen LogP contribution >= 0.6 is 0 Å². The number of nitrogens with one attached hydrogen (secondary N) is 1. The molecule has 0 amide bonds. The van der Waals surface area contributed by atoms with Crippen molar-refractivity contribution in [3.63, 3.8) is 0 Å². The lowest BCUT2D eigenvalue weighted by Crippen LogP contribution is -2.09. The molecule has 7 nitrogen and oxygen atoms in total. The molecule has 100 valence electrons. The van der Waals surface area contributed by atoms with Crippen molar-refractivity contribution in [2.45, 2.75) is 33.1 Å². The van der Waals surface area contributed by atoms with E-state index in [-0.39, 0.29) is 17.4 Å². The van der Waals surface area contributed by atoms with Gasteiger partial charge in [-0.15, -0.1) is 0 Å². The minimum Gasteiger partial charge on any atom is -0.473 e. The van der Waals surface area contributed by atoms with Crippen LogP contribution in [0.15, 0.2) is 6.33 Å². The summed E-state index contributed by atoms with van der Waals surface area (Å²) in [7, 11) is 0. The van der Waals surface area contributed by atoms with Crippen LogP contribution in [0.3, 0.4) is 0 Å². The number of ether oxygens (including phenoxy) is 1. The van der Waals surface area contributed by atoms with E-state index in [0.29, 0.717) is 13.2 Å². The van der Waals surface area contributed by atoms with Crippen LogP contribution in [0.5, 0.6) is 5.88 Å². The predicted octanol–water partition coefficient (Wildman–Crippen LogP) is 2.39. The molecule has 18 heavy (non-hydrogen) atoms. The first kappa shape index (κ1) is 14.1. The summed E-state index contributed by atoms with van der Waals surface area (Å²) in [6.45, 7) is 4.82. The quantitative estimate of drug-likeness (QED) is 0.435. The molecule has 0 aliphatic carbocycles. The van der Waals surface area contributed by atoms with Gasteiger partial charge in [0.25, 0.3) is 5.88 Å². The Balaban J connectivity index is 2.82. The summed E-state index contributed by atoms with van der Waals surface area (Å²) in [6.07, 6.45) is 4.38. The van der Waals surface area contributed by atoms with E-state index >= 15 is 0 Å². The maximum absolute atomic E-state index is 11.0. The summed E-state index contributed by atoms with van der Waals surface area (Å²) in [4.78, 5) is 18.2. The molecule has 0 spiro atoms. The molecule has 0 bridgehead atoms. The summed E-state index contributed by atoms with van der Waals surface area (Å²) in [5.74, 6) is 0.227. The third-order valence-electron chi connectivity index (χ3n) is 2.33. The number of unbranched alkanes of at least 4 members (excludes halogenated alkanes) is 2. The van der Waals surface area contributed by atoms with Crippen LogP contribution in [-0.2, 0) is 0 Å². The zero-order valence-electron chi connectivity index (χ0n) is 10.7. The highest BCUT2D eigenvalue weighted by molar-refractivity contribution is 5.60. The Bertz CT molecular complexity index is 398. The third-order valence-corrected chi connectivity index (χ3v) is 2.33. The fourth-order valence-electron chi connectivity index (χ4n) is 1.48. The van der Waals surface area contributed by atoms with Crippen LogP contribution in [0.4, 0.5) is 11.5 Å². The Labute approximate surface area is 106 Å². The van der Waals surface area contributed by atoms with Crippen molar-refractivity contribution >= 4 is 11.5 Å². The monoisotopic (exact) mass is 254 g/mol. The molecule has 0 saturated carbocycles. The first-order chi connectivity index (χ1) is 8.70. The average molecular weight is 254 g/mol. The van der Waals surface area contributed by atoms with Crippen molar-refractivity contribution in [1.82, 2.24) is 9.97 Å². The molecule has 1 N–H and O–H groups in total. The summed E-state index contributed by atoms with van der Waals surface area (Å²) < 4.78 is 5.13. The zero-order chi connectivity index (χ0) is 13.4. The number of hydrogen-bond acceptors (Lipinski definition) is 6. The number of hydrogen-bond donors (Lipinski definition) is 1. The Hall–Kier alpha value is -1.92. The second kappa shape index (κ2) is 7.41. The van der Waals surface area contributed by atoms with Gasteiger partial charge >= 0.3 is 5.69 Å². The Morgan fingerprint density at radius 2 is 2.17 bits per heavy atom. The fourth-order valence-corrected chi connectivity index (χ4v) is 1.48. The van der Waals surface area contributed by atoms with Gasteiger partial charge < -0.3 is 10.1 Å². The van der Waals surface area contributed by atoms with Crippen LogP contribution in [0.1, 0.15) is 33.1 Å². The molecule has 1 aromatic heterocycles. The molecule has 0 aromatic carbocycles. The van der Waals surface area contributed by atoms with Crippen LogP contribution in [0.2, 0.25) is 0 Å². The highest BCUT2D eigenvalue weighted by Gasteiger charge is 2.23. The van der Waals surface area contributed by atoms with E-state index < -0.39 is 4.92 Å². The molecule has 0 radical (unpaired) electrons. The van der Waals surface area contributed by atoms with Crippen LogP contribution in [0.25, 0.3) is 0 Å². The summed E-state index contributed by atoms with van der Waals surface area (Å²) in [6, 6.07) is 0. The first-order valence-electron chi connectivity index (χ1n) is 6.06. The second-order valence-electron chi connectivity index (χ2n) is 3.70. The Morgan fingerprint density at radius 3 is 2.78 bits per heavy atom. The molecule has 0 saturated heterocycles. The number of nitro groups is 1. The molecule has 0 aliphatic heterocycles. The molecule has 0 atom stereocenters. The largest absolute Gasteiger partial charge is 0.473 e. The molecule has 7 heteroatoms. The summed E-state index contributed by atoms with van der Waals surface area (Å²) >= 11 is 0. The Kier molecular flexibility index (Phi) is 5.83. The van der Waals surface area contributed by atoms with E-state index in [4.69, 9.17) is 4.74 Å². The van der Waals surface area contributed by atoms with Crippen molar-refractivity contribution in [1.29, 1.82) is 0 Å². The standard InChI is InChI=1S/C11H18N4O3/c1-3-5-6-7-12-10-9(15(16)17)11(18-4-2)14-8-13-10/h8H,3-7H2,1-2H3,(H,12,13,14). The van der Waals surface area contributed by atoms with Crippen molar-refractivity contribution in [2.75, 3.05) is 18.5 Å². The number of aromatic nitrogens is 2. The molecular weight excluding hydrogens is 236 g/mol. The Morgan fingerprint density at radius 1 is 1.39 bits per heavy atom. The molecular formula is C11H18N4O3. The maximum atomic E-state index is 11.0. The van der Waals surface area contributed by atoms with Gasteiger partial charge in [-0.3, -0.25) is 10.1 Å². The van der Waals surface area contributed by atoms with Gasteiger partial charge in [-0.2, -0.15) is 4.98 Å². The van der Waals surface area contributed by atoms with Gasteiger partial charge in [0.15, 0.2) is 0 Å². The first-order valence-corrected chi connectivity index (χ1v) is 6.06. The molecule has 1 aromatic rings. The third kappa shape index (κ3) is 3.83. The van der Waals surface area contributed by atoms with Gasteiger partial charge in [0, 0.05) is 6.54 Å². The fraction of sp³-hybridized carbons (Fsp3) is 0.636. The minimum absolute atomic E-state index is 0.00971. The van der Waals surface area contributed by atoms with Crippen molar-refractivity contribution in [3.05, 3.63) is 16.4 Å². The predicted molar refractivity (Wildman–Crippen MR) is 67.9 cm³/mol. The van der Waals surface area contributed by atoms with Crippen LogP contribution in [-0.4, -0.2) is 28.0 Å². The number of rotatable bonds is 8. The van der Waals surface area contributed by atoms with Crippen LogP contribution < -0.4 is 10.1 Å². The number of nitrogens with zero attached hydrogens (tertiary/aromatic N) is 3. The van der Waals surface area contributed by atoms with Crippen LogP contribution in [0, 0.1) is 10.1 Å². The van der Waals surface area contributed by atoms with E-state index in [1.165, 1.54) is 6.33 Å². The smallest absolute Gasteiger partial charge is 0.372 e. The van der Waals surface area contributed by atoms with E-state index in [2.05, 4.69) is 22.2 Å². The van der Waals surface area contributed by atoms with E-state index in [9.17, 15) is 10.1 Å². The summed E-state index contributed by atoms with van der Waals surface area (Å²) in [5, 5.41) is 14.0. The normalized spacial score (nSPS) is 10.1. The van der Waals surface area contributed by atoms with E-state index in [1.54, 1.807) is 6.92 Å². The van der Waals surface area contributed by atoms with Crippen molar-refractivity contribution in [2.24, 2.45) is 0 Å². The lowest BCUT2D eigenvalue weighted by atomic mass is 10.2. The lowest BCUT2D eigenvalue weighted by Gasteiger charge is -2.08. The van der Waals surface area contributed by atoms with E-state index in [1.807, 2.05) is 0 Å². The maximum Gasteiger partial charge on any atom is 0.372 e. The topological polar surface area (TPSA) is 90.2 Å². The number of anilines is 1. The zero-order valence-corrected chi connectivity index (χ0v) is 10.7. The SMILES string of the molecule is CCCCCNc1ncnc(OCC)c1[N+](=O)[O-]. The average Bonchev–Trinajstić information content (AvgIpc) is 2.35. The molecule has 1 rings (SSSR count). The second-order valence-corrected chi connectivity index (χ2v) is 3.70. The highest BCUT2D eigenvalue weighted by atomic mass is 16.6. The van der Waals surface area contributed by atoms with Gasteiger partial charge in [-0.05, 0) is 13.3 Å². The van der Waals surface area contributed by atoms with E-state index in [0.717, 1.165) is 19.3 Å².